The Hall–Kier alpha value is -7.30. The van der Waals surface area contributed by atoms with E-state index < -0.39 is 0 Å². The van der Waals surface area contributed by atoms with Gasteiger partial charge in [-0.05, 0) is 89.2 Å². The summed E-state index contributed by atoms with van der Waals surface area (Å²) in [6.45, 7) is 4.25. The van der Waals surface area contributed by atoms with Gasteiger partial charge in [-0.25, -0.2) is 4.90 Å². The second-order valence-electron chi connectivity index (χ2n) is 14.6. The molecular formula is C52H36N2O2. The highest BCUT2D eigenvalue weighted by Gasteiger charge is 2.41. The molecule has 0 aliphatic carbocycles. The molecule has 0 radical (unpaired) electrons. The number of para-hydroxylation sites is 1. The van der Waals surface area contributed by atoms with Crippen LogP contribution in [0.5, 0.6) is 0 Å². The van der Waals surface area contributed by atoms with Crippen LogP contribution in [-0.2, 0) is 0 Å². The van der Waals surface area contributed by atoms with Gasteiger partial charge >= 0.3 is 0 Å². The van der Waals surface area contributed by atoms with E-state index in [-0.39, 0.29) is 11.8 Å². The fourth-order valence-electron chi connectivity index (χ4n) is 8.54. The Labute approximate surface area is 325 Å². The maximum absolute atomic E-state index is 15.4. The van der Waals surface area contributed by atoms with E-state index in [1.807, 2.05) is 103 Å². The van der Waals surface area contributed by atoms with Gasteiger partial charge in [-0.15, -0.1) is 0 Å². The first-order valence-corrected chi connectivity index (χ1v) is 18.9. The van der Waals surface area contributed by atoms with Crippen LogP contribution in [0.1, 0.15) is 31.8 Å². The lowest BCUT2D eigenvalue weighted by Gasteiger charge is -2.24. The SMILES string of the molecule is Cc1ccc(-c2ccc3c4ccccc4n(-c4cccc5c4C(=O)N(c4c(-c6ccccc6)cc(-c6ccccc6)cc4-c4ccccc4)C5=O)c3c2)c(C)c1. The van der Waals surface area contributed by atoms with Crippen molar-refractivity contribution in [2.75, 3.05) is 4.90 Å². The Bertz CT molecular complexity index is 2960. The third kappa shape index (κ3) is 5.30. The molecule has 0 unspecified atom stereocenters. The fraction of sp³-hybridized carbons (Fsp3) is 0.0385. The quantitative estimate of drug-likeness (QED) is 0.161. The van der Waals surface area contributed by atoms with E-state index in [4.69, 9.17) is 0 Å². The molecule has 0 saturated heterocycles. The van der Waals surface area contributed by atoms with Crippen LogP contribution < -0.4 is 4.90 Å². The number of rotatable bonds is 6. The molecule has 0 spiro atoms. The largest absolute Gasteiger partial charge is 0.308 e. The summed E-state index contributed by atoms with van der Waals surface area (Å²) in [4.78, 5) is 31.8. The molecular weight excluding hydrogens is 685 g/mol. The molecule has 0 bridgehead atoms. The topological polar surface area (TPSA) is 42.3 Å². The first-order valence-electron chi connectivity index (χ1n) is 18.9. The molecule has 1 aromatic heterocycles. The van der Waals surface area contributed by atoms with Crippen LogP contribution in [0.2, 0.25) is 0 Å². The molecule has 8 aromatic carbocycles. The smallest absolute Gasteiger partial charge is 0.268 e. The predicted molar refractivity (Wildman–Crippen MR) is 230 cm³/mol. The number of carbonyl (C=O) groups excluding carboxylic acids is 2. The van der Waals surface area contributed by atoms with Crippen molar-refractivity contribution < 1.29 is 9.59 Å². The molecule has 9 aromatic rings. The Morgan fingerprint density at radius 1 is 0.393 bits per heavy atom. The van der Waals surface area contributed by atoms with E-state index in [1.165, 1.54) is 16.0 Å². The van der Waals surface area contributed by atoms with Gasteiger partial charge in [-0.1, -0.05) is 151 Å². The number of carbonyl (C=O) groups is 2. The number of amides is 2. The van der Waals surface area contributed by atoms with Gasteiger partial charge in [0.2, 0.25) is 0 Å². The first kappa shape index (κ1) is 33.3. The number of nitrogens with zero attached hydrogens (tertiary/aromatic N) is 2. The molecule has 2 heterocycles. The third-order valence-corrected chi connectivity index (χ3v) is 11.1. The molecule has 2 amide bonds. The number of fused-ring (bicyclic) bond motifs is 4. The van der Waals surface area contributed by atoms with E-state index in [9.17, 15) is 4.79 Å². The number of benzene rings is 8. The van der Waals surface area contributed by atoms with Crippen molar-refractivity contribution in [3.63, 3.8) is 0 Å². The Morgan fingerprint density at radius 2 is 1.00 bits per heavy atom. The summed E-state index contributed by atoms with van der Waals surface area (Å²) >= 11 is 0. The molecule has 4 heteroatoms. The van der Waals surface area contributed by atoms with Crippen LogP contribution in [-0.4, -0.2) is 16.4 Å². The first-order chi connectivity index (χ1) is 27.5. The van der Waals surface area contributed by atoms with E-state index in [0.29, 0.717) is 22.5 Å². The van der Waals surface area contributed by atoms with E-state index in [0.717, 1.165) is 66.3 Å². The standard InChI is InChI=1S/C52H36N2O2/c1-33-25-27-40(34(2)29-33)38-26-28-42-41-21-12-13-23-46(41)53(48(42)32-38)47-24-14-22-43-49(47)52(56)54(51(43)55)50-44(36-17-8-4-9-18-36)30-39(35-15-6-3-7-16-35)31-45(50)37-19-10-5-11-20-37/h3-32H,1-2H3. The van der Waals surface area contributed by atoms with Gasteiger partial charge < -0.3 is 4.57 Å². The van der Waals surface area contributed by atoms with E-state index in [1.54, 1.807) is 6.07 Å². The number of hydrogen-bond acceptors (Lipinski definition) is 2. The number of anilines is 1. The highest BCUT2D eigenvalue weighted by molar-refractivity contribution is 6.37. The summed E-state index contributed by atoms with van der Waals surface area (Å²) in [5.74, 6) is -0.690. The van der Waals surface area contributed by atoms with Crippen molar-refractivity contribution in [2.45, 2.75) is 13.8 Å². The van der Waals surface area contributed by atoms with Gasteiger partial charge in [0.05, 0.1) is 33.5 Å². The monoisotopic (exact) mass is 720 g/mol. The van der Waals surface area contributed by atoms with Crippen LogP contribution in [0.25, 0.3) is 72.0 Å². The highest BCUT2D eigenvalue weighted by atomic mass is 16.2. The molecule has 0 fully saturated rings. The second-order valence-corrected chi connectivity index (χ2v) is 14.6. The van der Waals surface area contributed by atoms with Gasteiger partial charge in [0, 0.05) is 21.9 Å². The molecule has 1 aliphatic heterocycles. The van der Waals surface area contributed by atoms with Gasteiger partial charge in [0.25, 0.3) is 11.8 Å². The lowest BCUT2D eigenvalue weighted by Crippen LogP contribution is -2.30. The van der Waals surface area contributed by atoms with Gasteiger partial charge in [-0.3, -0.25) is 9.59 Å². The number of aromatic nitrogens is 1. The van der Waals surface area contributed by atoms with Crippen molar-refractivity contribution in [1.29, 1.82) is 0 Å². The summed E-state index contributed by atoms with van der Waals surface area (Å²) in [6.07, 6.45) is 0. The Kier molecular flexibility index (Phi) is 7.86. The van der Waals surface area contributed by atoms with Crippen molar-refractivity contribution in [3.05, 3.63) is 204 Å². The fourth-order valence-corrected chi connectivity index (χ4v) is 8.54. The van der Waals surface area contributed by atoms with Crippen LogP contribution in [0, 0.1) is 13.8 Å². The van der Waals surface area contributed by atoms with E-state index >= 15 is 4.79 Å². The molecule has 10 rings (SSSR count). The molecule has 1 aliphatic rings. The number of aryl methyl sites for hydroxylation is 2. The molecule has 0 atom stereocenters. The molecule has 4 nitrogen and oxygen atoms in total. The van der Waals surface area contributed by atoms with Crippen LogP contribution in [0.3, 0.4) is 0 Å². The van der Waals surface area contributed by atoms with Gasteiger partial charge in [-0.2, -0.15) is 0 Å². The lowest BCUT2D eigenvalue weighted by molar-refractivity contribution is 0.0926. The van der Waals surface area contributed by atoms with Crippen molar-refractivity contribution >= 4 is 39.3 Å². The summed E-state index contributed by atoms with van der Waals surface area (Å²) < 4.78 is 2.17. The van der Waals surface area contributed by atoms with Crippen molar-refractivity contribution in [2.24, 2.45) is 0 Å². The summed E-state index contributed by atoms with van der Waals surface area (Å²) in [5, 5.41) is 2.16. The lowest BCUT2D eigenvalue weighted by atomic mass is 9.90. The average Bonchev–Trinajstić information content (AvgIpc) is 3.71. The second kappa shape index (κ2) is 13.2. The van der Waals surface area contributed by atoms with Gasteiger partial charge in [0.1, 0.15) is 0 Å². The minimum atomic E-state index is -0.348. The minimum Gasteiger partial charge on any atom is -0.308 e. The molecule has 0 N–H and O–H groups in total. The highest BCUT2D eigenvalue weighted by Crippen LogP contribution is 2.47. The molecule has 0 saturated carbocycles. The molecule has 56 heavy (non-hydrogen) atoms. The summed E-state index contributed by atoms with van der Waals surface area (Å²) in [7, 11) is 0. The normalized spacial score (nSPS) is 12.5. The predicted octanol–water partition coefficient (Wildman–Crippen LogP) is 12.9. The maximum Gasteiger partial charge on any atom is 0.268 e. The molecule has 266 valence electrons. The maximum atomic E-state index is 15.4. The zero-order valence-corrected chi connectivity index (χ0v) is 31.0. The average molecular weight is 721 g/mol. The summed E-state index contributed by atoms with van der Waals surface area (Å²) in [5.41, 5.74) is 14.1. The third-order valence-electron chi connectivity index (χ3n) is 11.1. The van der Waals surface area contributed by atoms with Crippen LogP contribution in [0.4, 0.5) is 5.69 Å². The number of imide groups is 1. The minimum absolute atomic E-state index is 0.342. The van der Waals surface area contributed by atoms with Crippen molar-refractivity contribution in [1.82, 2.24) is 4.57 Å². The van der Waals surface area contributed by atoms with Crippen LogP contribution >= 0.6 is 0 Å². The Morgan fingerprint density at radius 3 is 1.66 bits per heavy atom. The van der Waals surface area contributed by atoms with Crippen molar-refractivity contribution in [3.8, 4) is 50.2 Å². The summed E-state index contributed by atoms with van der Waals surface area (Å²) in [6, 6.07) is 61.6. The van der Waals surface area contributed by atoms with Gasteiger partial charge in [0.15, 0.2) is 0 Å². The Balaban J connectivity index is 1.22. The number of hydrogen-bond donors (Lipinski definition) is 0. The zero-order chi connectivity index (χ0) is 37.9. The van der Waals surface area contributed by atoms with Crippen LogP contribution in [0.15, 0.2) is 182 Å². The zero-order valence-electron chi connectivity index (χ0n) is 31.0. The van der Waals surface area contributed by atoms with E-state index in [2.05, 4.69) is 91.2 Å².